The molecule has 1 aromatic rings. The zero-order chi connectivity index (χ0) is 14.0. The summed E-state index contributed by atoms with van der Waals surface area (Å²) in [7, 11) is 0. The number of aliphatic carboxylic acids is 1. The summed E-state index contributed by atoms with van der Waals surface area (Å²) in [6, 6.07) is 5.93. The highest BCUT2D eigenvalue weighted by molar-refractivity contribution is 5.73. The van der Waals surface area contributed by atoms with Crippen LogP contribution in [0.15, 0.2) is 18.2 Å². The molecule has 4 nitrogen and oxygen atoms in total. The fourth-order valence-corrected chi connectivity index (χ4v) is 2.31. The highest BCUT2D eigenvalue weighted by Crippen LogP contribution is 2.34. The van der Waals surface area contributed by atoms with Gasteiger partial charge in [-0.05, 0) is 50.3 Å². The van der Waals surface area contributed by atoms with Gasteiger partial charge in [0.15, 0.2) is 0 Å². The molecule has 1 aliphatic carbocycles. The third kappa shape index (κ3) is 2.89. The SMILES string of the molecule is CC(C)(COc1cccc2c1CCCC2N)C(=O)O. The Labute approximate surface area is 113 Å². The molecule has 104 valence electrons. The Morgan fingerprint density at radius 1 is 1.53 bits per heavy atom. The topological polar surface area (TPSA) is 72.5 Å². The van der Waals surface area contributed by atoms with Crippen molar-refractivity contribution in [2.45, 2.75) is 39.2 Å². The number of fused-ring (bicyclic) bond motifs is 1. The minimum Gasteiger partial charge on any atom is -0.492 e. The highest BCUT2D eigenvalue weighted by Gasteiger charge is 2.29. The Morgan fingerprint density at radius 2 is 2.26 bits per heavy atom. The summed E-state index contributed by atoms with van der Waals surface area (Å²) >= 11 is 0. The molecular weight excluding hydrogens is 242 g/mol. The largest absolute Gasteiger partial charge is 0.492 e. The zero-order valence-electron chi connectivity index (χ0n) is 11.5. The summed E-state index contributed by atoms with van der Waals surface area (Å²) in [6.45, 7) is 3.49. The van der Waals surface area contributed by atoms with Crippen LogP contribution >= 0.6 is 0 Å². The van der Waals surface area contributed by atoms with Crippen molar-refractivity contribution >= 4 is 5.97 Å². The third-order valence-corrected chi connectivity index (χ3v) is 3.68. The second-order valence-corrected chi connectivity index (χ2v) is 5.80. The highest BCUT2D eigenvalue weighted by atomic mass is 16.5. The maximum Gasteiger partial charge on any atom is 0.312 e. The number of hydrogen-bond acceptors (Lipinski definition) is 3. The van der Waals surface area contributed by atoms with Gasteiger partial charge >= 0.3 is 5.97 Å². The van der Waals surface area contributed by atoms with Crippen LogP contribution in [0.2, 0.25) is 0 Å². The molecule has 1 atom stereocenters. The average molecular weight is 263 g/mol. The first-order valence-corrected chi connectivity index (χ1v) is 6.65. The fraction of sp³-hybridized carbons (Fsp3) is 0.533. The number of carboxylic acids is 1. The number of hydrogen-bond donors (Lipinski definition) is 2. The molecule has 0 fully saturated rings. The Kier molecular flexibility index (Phi) is 3.80. The van der Waals surface area contributed by atoms with Crippen molar-refractivity contribution in [3.63, 3.8) is 0 Å². The lowest BCUT2D eigenvalue weighted by Crippen LogP contribution is -2.31. The van der Waals surface area contributed by atoms with Crippen LogP contribution in [-0.4, -0.2) is 17.7 Å². The van der Waals surface area contributed by atoms with E-state index in [4.69, 9.17) is 15.6 Å². The van der Waals surface area contributed by atoms with Gasteiger partial charge in [0.25, 0.3) is 0 Å². The molecule has 0 amide bonds. The first-order chi connectivity index (χ1) is 8.92. The Bertz CT molecular complexity index is 482. The van der Waals surface area contributed by atoms with Gasteiger partial charge in [0.2, 0.25) is 0 Å². The van der Waals surface area contributed by atoms with E-state index in [2.05, 4.69) is 0 Å². The number of carboxylic acid groups (broad SMARTS) is 1. The lowest BCUT2D eigenvalue weighted by molar-refractivity contribution is -0.148. The van der Waals surface area contributed by atoms with Gasteiger partial charge in [-0.1, -0.05) is 12.1 Å². The molecule has 0 bridgehead atoms. The van der Waals surface area contributed by atoms with Gasteiger partial charge in [-0.15, -0.1) is 0 Å². The van der Waals surface area contributed by atoms with Crippen LogP contribution in [0.4, 0.5) is 0 Å². The predicted octanol–water partition coefficient (Wildman–Crippen LogP) is 2.51. The van der Waals surface area contributed by atoms with Gasteiger partial charge in [0, 0.05) is 6.04 Å². The lowest BCUT2D eigenvalue weighted by Gasteiger charge is -2.26. The van der Waals surface area contributed by atoms with E-state index in [0.717, 1.165) is 36.1 Å². The standard InChI is InChI=1S/C15H21NO3/c1-15(2,14(17)18)9-19-13-8-4-5-10-11(13)6-3-7-12(10)16/h4-5,8,12H,3,6-7,9,16H2,1-2H3,(H,17,18). The Balaban J connectivity index is 2.18. The maximum absolute atomic E-state index is 11.1. The van der Waals surface area contributed by atoms with Gasteiger partial charge < -0.3 is 15.6 Å². The summed E-state index contributed by atoms with van der Waals surface area (Å²) in [6.07, 6.45) is 3.00. The van der Waals surface area contributed by atoms with Crippen molar-refractivity contribution < 1.29 is 14.6 Å². The summed E-state index contributed by atoms with van der Waals surface area (Å²) < 4.78 is 5.74. The van der Waals surface area contributed by atoms with Crippen molar-refractivity contribution in [2.75, 3.05) is 6.61 Å². The molecule has 19 heavy (non-hydrogen) atoms. The number of ether oxygens (including phenoxy) is 1. The summed E-state index contributed by atoms with van der Waals surface area (Å²) in [5, 5.41) is 9.10. The fourth-order valence-electron chi connectivity index (χ4n) is 2.31. The molecular formula is C15H21NO3. The molecule has 1 unspecified atom stereocenters. The zero-order valence-corrected chi connectivity index (χ0v) is 11.5. The molecule has 0 saturated heterocycles. The van der Waals surface area contributed by atoms with Crippen molar-refractivity contribution in [2.24, 2.45) is 11.1 Å². The summed E-state index contributed by atoms with van der Waals surface area (Å²) in [5.41, 5.74) is 7.48. The number of carbonyl (C=O) groups is 1. The predicted molar refractivity (Wildman–Crippen MR) is 73.2 cm³/mol. The molecule has 0 heterocycles. The van der Waals surface area contributed by atoms with E-state index in [1.54, 1.807) is 13.8 Å². The monoisotopic (exact) mass is 263 g/mol. The minimum atomic E-state index is -0.889. The van der Waals surface area contributed by atoms with Crippen LogP contribution in [0.5, 0.6) is 5.75 Å². The molecule has 4 heteroatoms. The normalized spacial score (nSPS) is 18.8. The lowest BCUT2D eigenvalue weighted by atomic mass is 9.87. The van der Waals surface area contributed by atoms with E-state index >= 15 is 0 Å². The third-order valence-electron chi connectivity index (χ3n) is 3.68. The number of benzene rings is 1. The Hall–Kier alpha value is -1.55. The second-order valence-electron chi connectivity index (χ2n) is 5.80. The van der Waals surface area contributed by atoms with Crippen LogP contribution in [0, 0.1) is 5.41 Å². The van der Waals surface area contributed by atoms with Crippen LogP contribution < -0.4 is 10.5 Å². The van der Waals surface area contributed by atoms with E-state index in [9.17, 15) is 4.79 Å². The van der Waals surface area contributed by atoms with Crippen molar-refractivity contribution in [1.82, 2.24) is 0 Å². The van der Waals surface area contributed by atoms with E-state index < -0.39 is 11.4 Å². The van der Waals surface area contributed by atoms with Crippen LogP contribution in [0.3, 0.4) is 0 Å². The van der Waals surface area contributed by atoms with Crippen LogP contribution in [0.1, 0.15) is 43.9 Å². The van der Waals surface area contributed by atoms with Crippen LogP contribution in [-0.2, 0) is 11.2 Å². The molecule has 1 aliphatic rings. The molecule has 1 aromatic carbocycles. The van der Waals surface area contributed by atoms with Gasteiger partial charge in [-0.25, -0.2) is 0 Å². The molecule has 3 N–H and O–H groups in total. The van der Waals surface area contributed by atoms with Crippen molar-refractivity contribution in [1.29, 1.82) is 0 Å². The molecule has 0 saturated carbocycles. The van der Waals surface area contributed by atoms with Gasteiger partial charge in [-0.3, -0.25) is 4.79 Å². The second kappa shape index (κ2) is 5.21. The molecule has 0 aliphatic heterocycles. The molecule has 0 aromatic heterocycles. The summed E-state index contributed by atoms with van der Waals surface area (Å²) in [4.78, 5) is 11.1. The van der Waals surface area contributed by atoms with Crippen LogP contribution in [0.25, 0.3) is 0 Å². The summed E-state index contributed by atoms with van der Waals surface area (Å²) in [5.74, 6) is -0.0732. The molecule has 2 rings (SSSR count). The van der Waals surface area contributed by atoms with Crippen molar-refractivity contribution in [3.05, 3.63) is 29.3 Å². The minimum absolute atomic E-state index is 0.0692. The first-order valence-electron chi connectivity index (χ1n) is 6.65. The van der Waals surface area contributed by atoms with E-state index in [1.165, 1.54) is 0 Å². The molecule has 0 spiro atoms. The van der Waals surface area contributed by atoms with Crippen molar-refractivity contribution in [3.8, 4) is 5.75 Å². The van der Waals surface area contributed by atoms with Gasteiger partial charge in [-0.2, -0.15) is 0 Å². The van der Waals surface area contributed by atoms with E-state index in [-0.39, 0.29) is 12.6 Å². The number of nitrogens with two attached hydrogens (primary N) is 1. The van der Waals surface area contributed by atoms with Gasteiger partial charge in [0.05, 0.1) is 5.41 Å². The Morgan fingerprint density at radius 3 is 2.95 bits per heavy atom. The van der Waals surface area contributed by atoms with E-state index in [1.807, 2.05) is 18.2 Å². The van der Waals surface area contributed by atoms with Gasteiger partial charge in [0.1, 0.15) is 12.4 Å². The first kappa shape index (κ1) is 13.9. The smallest absolute Gasteiger partial charge is 0.312 e. The van der Waals surface area contributed by atoms with E-state index in [0.29, 0.717) is 0 Å². The average Bonchev–Trinajstić information content (AvgIpc) is 2.37. The quantitative estimate of drug-likeness (QED) is 0.875. The maximum atomic E-state index is 11.1. The molecule has 0 radical (unpaired) electrons. The number of rotatable bonds is 4.